The van der Waals surface area contributed by atoms with Gasteiger partial charge in [0.05, 0.1) is 0 Å². The van der Waals surface area contributed by atoms with E-state index in [2.05, 4.69) is 12.2 Å². The molecular weight excluding hydrogens is 150 g/mol. The molecule has 1 unspecified atom stereocenters. The van der Waals surface area contributed by atoms with Crippen LogP contribution in [0.3, 0.4) is 0 Å². The van der Waals surface area contributed by atoms with Gasteiger partial charge in [0.25, 0.3) is 0 Å². The third-order valence-electron chi connectivity index (χ3n) is 2.47. The molecule has 1 fully saturated rings. The summed E-state index contributed by atoms with van der Waals surface area (Å²) in [6.07, 6.45) is 5.30. The summed E-state index contributed by atoms with van der Waals surface area (Å²) < 4.78 is 5.42. The highest BCUT2D eigenvalue weighted by Crippen LogP contribution is 2.17. The number of nitrogens with one attached hydrogen (secondary N) is 1. The van der Waals surface area contributed by atoms with Crippen LogP contribution >= 0.6 is 0 Å². The Hall–Kier alpha value is -0.0800. The smallest absolute Gasteiger partial charge is 0.0494 e. The normalized spacial score (nSPS) is 24.2. The zero-order valence-corrected chi connectivity index (χ0v) is 8.14. The van der Waals surface area contributed by atoms with E-state index in [0.29, 0.717) is 0 Å². The van der Waals surface area contributed by atoms with Crippen LogP contribution in [0.15, 0.2) is 0 Å². The predicted molar refractivity (Wildman–Crippen MR) is 51.3 cm³/mol. The van der Waals surface area contributed by atoms with Gasteiger partial charge in [-0.2, -0.15) is 0 Å². The first-order chi connectivity index (χ1) is 5.93. The highest BCUT2D eigenvalue weighted by molar-refractivity contribution is 4.63. The second-order valence-corrected chi connectivity index (χ2v) is 3.58. The molecule has 2 heteroatoms. The summed E-state index contributed by atoms with van der Waals surface area (Å²) in [5.41, 5.74) is 0. The molecule has 0 aromatic rings. The third-order valence-corrected chi connectivity index (χ3v) is 2.47. The first-order valence-electron chi connectivity index (χ1n) is 5.22. The van der Waals surface area contributed by atoms with E-state index in [4.69, 9.17) is 4.74 Å². The van der Waals surface area contributed by atoms with Crippen LogP contribution in [-0.2, 0) is 4.74 Å². The van der Waals surface area contributed by atoms with Gasteiger partial charge in [0.2, 0.25) is 0 Å². The first kappa shape index (κ1) is 10.0. The lowest BCUT2D eigenvalue weighted by molar-refractivity contribution is 0.0510. The number of rotatable bonds is 5. The first-order valence-corrected chi connectivity index (χ1v) is 5.22. The lowest BCUT2D eigenvalue weighted by atomic mass is 9.97. The van der Waals surface area contributed by atoms with Crippen molar-refractivity contribution in [2.45, 2.75) is 32.6 Å². The van der Waals surface area contributed by atoms with Gasteiger partial charge in [-0.05, 0) is 44.7 Å². The van der Waals surface area contributed by atoms with E-state index < -0.39 is 0 Å². The highest BCUT2D eigenvalue weighted by atomic mass is 16.5. The molecule has 1 aliphatic heterocycles. The summed E-state index contributed by atoms with van der Waals surface area (Å²) in [6.45, 7) is 6.42. The molecule has 72 valence electrons. The van der Waals surface area contributed by atoms with Crippen LogP contribution in [0.1, 0.15) is 32.6 Å². The van der Waals surface area contributed by atoms with E-state index in [1.807, 2.05) is 0 Å². The van der Waals surface area contributed by atoms with Crippen LogP contribution in [0.25, 0.3) is 0 Å². The quantitative estimate of drug-likeness (QED) is 0.637. The summed E-state index contributed by atoms with van der Waals surface area (Å²) >= 11 is 0. The molecule has 0 bridgehead atoms. The van der Waals surface area contributed by atoms with Crippen LogP contribution in [0.2, 0.25) is 0 Å². The molecule has 0 saturated carbocycles. The van der Waals surface area contributed by atoms with Crippen molar-refractivity contribution in [1.82, 2.24) is 5.32 Å². The van der Waals surface area contributed by atoms with Crippen molar-refractivity contribution < 1.29 is 4.74 Å². The molecule has 1 saturated heterocycles. The standard InChI is InChI=1S/C10H21NO/c1-2-11-7-3-5-10-6-4-8-12-9-10/h10-11H,2-9H2,1H3. The average Bonchev–Trinajstić information content (AvgIpc) is 2.14. The molecular formula is C10H21NO. The Morgan fingerprint density at radius 2 is 2.42 bits per heavy atom. The van der Waals surface area contributed by atoms with Gasteiger partial charge in [-0.25, -0.2) is 0 Å². The van der Waals surface area contributed by atoms with Crippen LogP contribution in [0, 0.1) is 5.92 Å². The maximum absolute atomic E-state index is 5.42. The van der Waals surface area contributed by atoms with Crippen molar-refractivity contribution in [3.05, 3.63) is 0 Å². The third kappa shape index (κ3) is 4.07. The van der Waals surface area contributed by atoms with Crippen molar-refractivity contribution in [3.63, 3.8) is 0 Å². The second-order valence-electron chi connectivity index (χ2n) is 3.58. The van der Waals surface area contributed by atoms with Crippen LogP contribution in [-0.4, -0.2) is 26.3 Å². The molecule has 1 atom stereocenters. The summed E-state index contributed by atoms with van der Waals surface area (Å²) in [6, 6.07) is 0. The van der Waals surface area contributed by atoms with Gasteiger partial charge < -0.3 is 10.1 Å². The predicted octanol–water partition coefficient (Wildman–Crippen LogP) is 1.80. The Labute approximate surface area is 75.7 Å². The number of hydrogen-bond acceptors (Lipinski definition) is 2. The van der Waals surface area contributed by atoms with Crippen molar-refractivity contribution in [1.29, 1.82) is 0 Å². The van der Waals surface area contributed by atoms with E-state index in [-0.39, 0.29) is 0 Å². The minimum atomic E-state index is 0.845. The molecule has 1 heterocycles. The highest BCUT2D eigenvalue weighted by Gasteiger charge is 2.12. The molecule has 1 N–H and O–H groups in total. The Morgan fingerprint density at radius 3 is 3.08 bits per heavy atom. The molecule has 0 radical (unpaired) electrons. The van der Waals surface area contributed by atoms with Crippen molar-refractivity contribution >= 4 is 0 Å². The summed E-state index contributed by atoms with van der Waals surface area (Å²) in [5.74, 6) is 0.845. The molecule has 1 aliphatic rings. The van der Waals surface area contributed by atoms with Gasteiger partial charge in [-0.1, -0.05) is 6.92 Å². The van der Waals surface area contributed by atoms with Gasteiger partial charge in [-0.15, -0.1) is 0 Å². The number of hydrogen-bond donors (Lipinski definition) is 1. The largest absolute Gasteiger partial charge is 0.381 e. The maximum Gasteiger partial charge on any atom is 0.0494 e. The van der Waals surface area contributed by atoms with E-state index in [1.165, 1.54) is 32.2 Å². The number of ether oxygens (including phenoxy) is 1. The van der Waals surface area contributed by atoms with Crippen LogP contribution in [0.4, 0.5) is 0 Å². The fourth-order valence-corrected chi connectivity index (χ4v) is 1.73. The molecule has 1 rings (SSSR count). The van der Waals surface area contributed by atoms with Crippen LogP contribution < -0.4 is 5.32 Å². The average molecular weight is 171 g/mol. The fraction of sp³-hybridized carbons (Fsp3) is 1.00. The molecule has 2 nitrogen and oxygen atoms in total. The second kappa shape index (κ2) is 6.44. The minimum absolute atomic E-state index is 0.845. The van der Waals surface area contributed by atoms with Gasteiger partial charge in [0.1, 0.15) is 0 Å². The zero-order valence-electron chi connectivity index (χ0n) is 8.14. The van der Waals surface area contributed by atoms with E-state index in [9.17, 15) is 0 Å². The lowest BCUT2D eigenvalue weighted by Crippen LogP contribution is -2.20. The van der Waals surface area contributed by atoms with Crippen molar-refractivity contribution in [2.75, 3.05) is 26.3 Å². The Bertz CT molecular complexity index is 100. The van der Waals surface area contributed by atoms with E-state index >= 15 is 0 Å². The molecule has 0 aliphatic carbocycles. The van der Waals surface area contributed by atoms with Crippen molar-refractivity contribution in [2.24, 2.45) is 5.92 Å². The lowest BCUT2D eigenvalue weighted by Gasteiger charge is -2.21. The van der Waals surface area contributed by atoms with E-state index in [1.54, 1.807) is 0 Å². The fourth-order valence-electron chi connectivity index (χ4n) is 1.73. The molecule has 0 amide bonds. The monoisotopic (exact) mass is 171 g/mol. The summed E-state index contributed by atoms with van der Waals surface area (Å²) in [7, 11) is 0. The Morgan fingerprint density at radius 1 is 1.50 bits per heavy atom. The molecule has 0 spiro atoms. The topological polar surface area (TPSA) is 21.3 Å². The van der Waals surface area contributed by atoms with Crippen LogP contribution in [0.5, 0.6) is 0 Å². The maximum atomic E-state index is 5.42. The molecule has 0 aromatic carbocycles. The molecule has 0 aromatic heterocycles. The van der Waals surface area contributed by atoms with E-state index in [0.717, 1.165) is 25.7 Å². The SMILES string of the molecule is CCNCCCC1CCCOC1. The van der Waals surface area contributed by atoms with Crippen molar-refractivity contribution in [3.8, 4) is 0 Å². The zero-order chi connectivity index (χ0) is 8.65. The van der Waals surface area contributed by atoms with Gasteiger partial charge in [-0.3, -0.25) is 0 Å². The Kier molecular flexibility index (Phi) is 5.37. The molecule has 12 heavy (non-hydrogen) atoms. The summed E-state index contributed by atoms with van der Waals surface area (Å²) in [4.78, 5) is 0. The van der Waals surface area contributed by atoms with Gasteiger partial charge in [0.15, 0.2) is 0 Å². The van der Waals surface area contributed by atoms with Gasteiger partial charge in [0, 0.05) is 13.2 Å². The van der Waals surface area contributed by atoms with Gasteiger partial charge >= 0.3 is 0 Å². The minimum Gasteiger partial charge on any atom is -0.381 e. The Balaban J connectivity index is 1.91. The summed E-state index contributed by atoms with van der Waals surface area (Å²) in [5, 5.41) is 3.35.